The average molecular weight is 255 g/mol. The highest BCUT2D eigenvalue weighted by Crippen LogP contribution is 2.29. The van der Waals surface area contributed by atoms with E-state index in [0.29, 0.717) is 0 Å². The van der Waals surface area contributed by atoms with Crippen LogP contribution in [0.3, 0.4) is 0 Å². The molecular weight excluding hydrogens is 244 g/mol. The summed E-state index contributed by atoms with van der Waals surface area (Å²) in [6.45, 7) is 0. The van der Waals surface area contributed by atoms with Crippen molar-refractivity contribution in [2.75, 3.05) is 0 Å². The van der Waals surface area contributed by atoms with E-state index in [2.05, 4.69) is 26.8 Å². The van der Waals surface area contributed by atoms with Gasteiger partial charge in [-0.2, -0.15) is 0 Å². The summed E-state index contributed by atoms with van der Waals surface area (Å²) in [6, 6.07) is 9.99. The zero-order valence-corrected chi connectivity index (χ0v) is 9.07. The topological polar surface area (TPSA) is 41.1 Å². The van der Waals surface area contributed by atoms with Gasteiger partial charge in [-0.3, -0.25) is 0 Å². The number of halogens is 1. The number of carbonyl (C=O) groups excluding carboxylic acids is 1. The molecule has 2 rings (SSSR count). The lowest BCUT2D eigenvalue weighted by Crippen LogP contribution is -2.27. The summed E-state index contributed by atoms with van der Waals surface area (Å²) < 4.78 is 0. The Hall–Kier alpha value is -0.710. The van der Waals surface area contributed by atoms with Crippen LogP contribution in [0, 0.1) is 5.92 Å². The lowest BCUT2D eigenvalue weighted by molar-refractivity contribution is -0.111. The minimum atomic E-state index is -0.0719. The molecule has 3 nitrogen and oxygen atoms in total. The molecule has 3 unspecified atom stereocenters. The molecule has 0 amide bonds. The SMILES string of the molecule is O=CC1C(Br)NNC1c1ccccc1. The zero-order chi connectivity index (χ0) is 9.97. The van der Waals surface area contributed by atoms with Crippen LogP contribution >= 0.6 is 15.9 Å². The number of carbonyl (C=O) groups is 1. The molecule has 0 aromatic heterocycles. The first-order valence-electron chi connectivity index (χ1n) is 4.48. The van der Waals surface area contributed by atoms with Gasteiger partial charge in [0, 0.05) is 0 Å². The molecule has 1 fully saturated rings. The van der Waals surface area contributed by atoms with Crippen LogP contribution in [0.1, 0.15) is 11.6 Å². The summed E-state index contributed by atoms with van der Waals surface area (Å²) in [4.78, 5) is 10.9. The van der Waals surface area contributed by atoms with E-state index < -0.39 is 0 Å². The van der Waals surface area contributed by atoms with Crippen LogP contribution in [-0.4, -0.2) is 11.2 Å². The maximum atomic E-state index is 10.9. The Morgan fingerprint density at radius 2 is 1.93 bits per heavy atom. The maximum Gasteiger partial charge on any atom is 0.127 e. The zero-order valence-electron chi connectivity index (χ0n) is 7.48. The molecule has 74 valence electrons. The van der Waals surface area contributed by atoms with Gasteiger partial charge in [0.15, 0.2) is 0 Å². The van der Waals surface area contributed by atoms with Gasteiger partial charge in [-0.1, -0.05) is 46.3 Å². The van der Waals surface area contributed by atoms with Crippen molar-refractivity contribution in [3.63, 3.8) is 0 Å². The largest absolute Gasteiger partial charge is 0.303 e. The van der Waals surface area contributed by atoms with Gasteiger partial charge in [-0.15, -0.1) is 0 Å². The highest BCUT2D eigenvalue weighted by molar-refractivity contribution is 9.09. The lowest BCUT2D eigenvalue weighted by Gasteiger charge is -2.14. The van der Waals surface area contributed by atoms with Crippen LogP contribution in [0.4, 0.5) is 0 Å². The molecule has 0 aliphatic carbocycles. The average Bonchev–Trinajstić information content (AvgIpc) is 2.61. The fourth-order valence-corrected chi connectivity index (χ4v) is 2.21. The van der Waals surface area contributed by atoms with Crippen molar-refractivity contribution in [2.45, 2.75) is 11.0 Å². The van der Waals surface area contributed by atoms with E-state index in [1.165, 1.54) is 0 Å². The Kier molecular flexibility index (Phi) is 2.96. The van der Waals surface area contributed by atoms with E-state index in [1.807, 2.05) is 30.3 Å². The first kappa shape index (κ1) is 9.83. The van der Waals surface area contributed by atoms with Gasteiger partial charge < -0.3 is 4.79 Å². The van der Waals surface area contributed by atoms with Gasteiger partial charge in [-0.05, 0) is 5.56 Å². The van der Waals surface area contributed by atoms with Crippen LogP contribution in [0.5, 0.6) is 0 Å². The van der Waals surface area contributed by atoms with Crippen molar-refractivity contribution in [1.29, 1.82) is 0 Å². The van der Waals surface area contributed by atoms with Crippen molar-refractivity contribution in [3.8, 4) is 0 Å². The predicted molar refractivity (Wildman–Crippen MR) is 57.7 cm³/mol. The Balaban J connectivity index is 2.23. The second-order valence-electron chi connectivity index (χ2n) is 3.29. The minimum Gasteiger partial charge on any atom is -0.303 e. The second kappa shape index (κ2) is 4.21. The van der Waals surface area contributed by atoms with E-state index in [1.54, 1.807) is 0 Å². The molecule has 14 heavy (non-hydrogen) atoms. The van der Waals surface area contributed by atoms with Gasteiger partial charge in [0.2, 0.25) is 0 Å². The van der Waals surface area contributed by atoms with Crippen LogP contribution in [0.2, 0.25) is 0 Å². The normalized spacial score (nSPS) is 31.6. The molecule has 1 aliphatic heterocycles. The molecule has 2 N–H and O–H groups in total. The smallest absolute Gasteiger partial charge is 0.127 e. The van der Waals surface area contributed by atoms with Crippen LogP contribution in [-0.2, 0) is 4.79 Å². The van der Waals surface area contributed by atoms with E-state index in [0.717, 1.165) is 11.8 Å². The van der Waals surface area contributed by atoms with Crippen molar-refractivity contribution in [2.24, 2.45) is 5.92 Å². The third-order valence-electron chi connectivity index (χ3n) is 2.42. The van der Waals surface area contributed by atoms with Crippen molar-refractivity contribution in [3.05, 3.63) is 35.9 Å². The van der Waals surface area contributed by atoms with Crippen LogP contribution in [0.25, 0.3) is 0 Å². The van der Waals surface area contributed by atoms with Gasteiger partial charge in [0.25, 0.3) is 0 Å². The molecular formula is C10H11BrN2O. The van der Waals surface area contributed by atoms with E-state index in [9.17, 15) is 4.79 Å². The standard InChI is InChI=1S/C10H11BrN2O/c11-10-8(6-14)9(12-13-10)7-4-2-1-3-5-7/h1-6,8-10,12-13H. The summed E-state index contributed by atoms with van der Waals surface area (Å²) >= 11 is 3.40. The highest BCUT2D eigenvalue weighted by Gasteiger charge is 2.34. The van der Waals surface area contributed by atoms with Gasteiger partial charge in [-0.25, -0.2) is 10.9 Å². The Morgan fingerprint density at radius 1 is 1.21 bits per heavy atom. The molecule has 0 radical (unpaired) electrons. The first-order valence-corrected chi connectivity index (χ1v) is 5.40. The van der Waals surface area contributed by atoms with Gasteiger partial charge in [0.1, 0.15) is 6.29 Å². The maximum absolute atomic E-state index is 10.9. The van der Waals surface area contributed by atoms with Gasteiger partial charge in [0.05, 0.1) is 16.9 Å². The van der Waals surface area contributed by atoms with Crippen molar-refractivity contribution in [1.82, 2.24) is 10.9 Å². The molecule has 0 saturated carbocycles. The highest BCUT2D eigenvalue weighted by atomic mass is 79.9. The van der Waals surface area contributed by atoms with Gasteiger partial charge >= 0.3 is 0 Å². The molecule has 1 saturated heterocycles. The molecule has 1 heterocycles. The summed E-state index contributed by atoms with van der Waals surface area (Å²) in [7, 11) is 0. The number of nitrogens with one attached hydrogen (secondary N) is 2. The summed E-state index contributed by atoms with van der Waals surface area (Å²) in [5.74, 6) is -0.0719. The van der Waals surface area contributed by atoms with Crippen molar-refractivity contribution >= 4 is 22.2 Å². The molecule has 3 atom stereocenters. The second-order valence-corrected chi connectivity index (χ2v) is 4.28. The monoisotopic (exact) mass is 254 g/mol. The molecule has 1 aromatic carbocycles. The predicted octanol–water partition coefficient (Wildman–Crippen LogP) is 1.37. The summed E-state index contributed by atoms with van der Waals surface area (Å²) in [5, 5.41) is 0. The number of benzene rings is 1. The number of hydrogen-bond donors (Lipinski definition) is 2. The number of hydrazine groups is 1. The Labute approximate surface area is 91.0 Å². The van der Waals surface area contributed by atoms with Crippen LogP contribution < -0.4 is 10.9 Å². The fraction of sp³-hybridized carbons (Fsp3) is 0.300. The third-order valence-corrected chi connectivity index (χ3v) is 3.25. The minimum absolute atomic E-state index is 0.00482. The first-order chi connectivity index (χ1) is 6.83. The van der Waals surface area contributed by atoms with E-state index in [-0.39, 0.29) is 16.9 Å². The molecule has 0 spiro atoms. The Bertz CT molecular complexity index is 317. The fourth-order valence-electron chi connectivity index (χ4n) is 1.64. The Morgan fingerprint density at radius 3 is 2.57 bits per heavy atom. The quantitative estimate of drug-likeness (QED) is 0.476. The molecule has 1 aromatic rings. The van der Waals surface area contributed by atoms with Crippen molar-refractivity contribution < 1.29 is 4.79 Å². The molecule has 1 aliphatic rings. The summed E-state index contributed by atoms with van der Waals surface area (Å²) in [5.41, 5.74) is 7.22. The molecule has 4 heteroatoms. The van der Waals surface area contributed by atoms with E-state index in [4.69, 9.17) is 0 Å². The number of rotatable bonds is 2. The molecule has 0 bridgehead atoms. The number of hydrogen-bond acceptors (Lipinski definition) is 3. The number of aldehydes is 1. The third kappa shape index (κ3) is 1.73. The lowest BCUT2D eigenvalue weighted by atomic mass is 9.96. The van der Waals surface area contributed by atoms with E-state index >= 15 is 0 Å². The number of alkyl halides is 1. The summed E-state index contributed by atoms with van der Waals surface area (Å²) in [6.07, 6.45) is 0.976. The van der Waals surface area contributed by atoms with Crippen LogP contribution in [0.15, 0.2) is 30.3 Å².